The van der Waals surface area contributed by atoms with Gasteiger partial charge in [-0.3, -0.25) is 14.3 Å². The zero-order valence-corrected chi connectivity index (χ0v) is 19.4. The zero-order chi connectivity index (χ0) is 24.2. The first-order valence-corrected chi connectivity index (χ1v) is 11.0. The number of para-hydroxylation sites is 1. The molecule has 1 aromatic heterocycles. The Hall–Kier alpha value is -3.69. The van der Waals surface area contributed by atoms with Gasteiger partial charge < -0.3 is 24.8 Å². The standard InChI is InChI=1S/C25H28N4O5/c1-16-12-20(28(2)27-16)25(32)26-19-10-8-17(9-11-19)24(31)21-14-34-15-23(30)29(21)13-18-6-4-5-7-22(18)33-3/h4-12,21,24,31H,13-15H2,1-3H3,(H,26,32)/t21-,24-/m1/s1. The number of aryl methyl sites for hydroxylation is 2. The van der Waals surface area contributed by atoms with Gasteiger partial charge in [0.1, 0.15) is 24.2 Å². The normalized spacial score (nSPS) is 16.9. The number of rotatable bonds is 7. The van der Waals surface area contributed by atoms with Crippen LogP contribution >= 0.6 is 0 Å². The Morgan fingerprint density at radius 3 is 2.68 bits per heavy atom. The maximum atomic E-state index is 12.7. The summed E-state index contributed by atoms with van der Waals surface area (Å²) >= 11 is 0. The van der Waals surface area contributed by atoms with E-state index < -0.39 is 12.1 Å². The van der Waals surface area contributed by atoms with Crippen LogP contribution < -0.4 is 10.1 Å². The van der Waals surface area contributed by atoms with Gasteiger partial charge in [-0.2, -0.15) is 5.10 Å². The molecule has 9 nitrogen and oxygen atoms in total. The number of benzene rings is 2. The number of nitrogens with zero attached hydrogens (tertiary/aromatic N) is 3. The third-order valence-electron chi connectivity index (χ3n) is 5.88. The van der Waals surface area contributed by atoms with Gasteiger partial charge in [-0.25, -0.2) is 0 Å². The third kappa shape index (κ3) is 4.95. The van der Waals surface area contributed by atoms with Crippen LogP contribution in [0.5, 0.6) is 5.75 Å². The van der Waals surface area contributed by atoms with Crippen LogP contribution in [0, 0.1) is 6.92 Å². The van der Waals surface area contributed by atoms with Crippen molar-refractivity contribution in [1.82, 2.24) is 14.7 Å². The van der Waals surface area contributed by atoms with Crippen molar-refractivity contribution in [3.05, 3.63) is 77.1 Å². The Labute approximate surface area is 197 Å². The number of anilines is 1. The van der Waals surface area contributed by atoms with Gasteiger partial charge in [0.15, 0.2) is 0 Å². The number of methoxy groups -OCH3 is 1. The molecule has 1 saturated heterocycles. The summed E-state index contributed by atoms with van der Waals surface area (Å²) < 4.78 is 12.4. The van der Waals surface area contributed by atoms with Crippen LogP contribution in [0.15, 0.2) is 54.6 Å². The highest BCUT2D eigenvalue weighted by Gasteiger charge is 2.35. The number of carbonyl (C=O) groups excluding carboxylic acids is 2. The summed E-state index contributed by atoms with van der Waals surface area (Å²) in [5.41, 5.74) is 3.25. The molecule has 2 aromatic carbocycles. The van der Waals surface area contributed by atoms with Gasteiger partial charge in [-0.1, -0.05) is 30.3 Å². The first kappa shape index (κ1) is 23.5. The second-order valence-electron chi connectivity index (χ2n) is 8.23. The Morgan fingerprint density at radius 2 is 2.00 bits per heavy atom. The average Bonchev–Trinajstić information content (AvgIpc) is 3.18. The largest absolute Gasteiger partial charge is 0.496 e. The van der Waals surface area contributed by atoms with Crippen molar-refractivity contribution in [2.24, 2.45) is 7.05 Å². The van der Waals surface area contributed by atoms with Gasteiger partial charge in [0.2, 0.25) is 5.91 Å². The van der Waals surface area contributed by atoms with E-state index in [2.05, 4.69) is 10.4 Å². The number of carbonyl (C=O) groups is 2. The molecule has 0 saturated carbocycles. The summed E-state index contributed by atoms with van der Waals surface area (Å²) in [5, 5.41) is 18.1. The van der Waals surface area contributed by atoms with E-state index in [1.165, 1.54) is 4.68 Å². The predicted molar refractivity (Wildman–Crippen MR) is 125 cm³/mol. The van der Waals surface area contributed by atoms with Gasteiger partial charge in [0, 0.05) is 24.8 Å². The highest BCUT2D eigenvalue weighted by Crippen LogP contribution is 2.28. The molecule has 4 rings (SSSR count). The SMILES string of the molecule is COc1ccccc1CN1C(=O)COC[C@@H]1[C@H](O)c1ccc(NC(=O)c2cc(C)nn2C)cc1. The number of ether oxygens (including phenoxy) is 2. The lowest BCUT2D eigenvalue weighted by Gasteiger charge is -2.38. The van der Waals surface area contributed by atoms with Crippen LogP contribution in [0.2, 0.25) is 0 Å². The highest BCUT2D eigenvalue weighted by atomic mass is 16.5. The molecule has 9 heteroatoms. The minimum absolute atomic E-state index is 0.0309. The van der Waals surface area contributed by atoms with Crippen LogP contribution in [0.3, 0.4) is 0 Å². The molecule has 1 aliphatic rings. The van der Waals surface area contributed by atoms with Gasteiger partial charge in [0.25, 0.3) is 5.91 Å². The lowest BCUT2D eigenvalue weighted by Crippen LogP contribution is -2.51. The first-order valence-electron chi connectivity index (χ1n) is 11.0. The smallest absolute Gasteiger partial charge is 0.273 e. The Balaban J connectivity index is 1.49. The van der Waals surface area contributed by atoms with Crippen molar-refractivity contribution in [2.75, 3.05) is 25.6 Å². The topological polar surface area (TPSA) is 106 Å². The molecule has 0 spiro atoms. The molecule has 2 atom stereocenters. The molecular weight excluding hydrogens is 436 g/mol. The van der Waals surface area contributed by atoms with E-state index in [0.717, 1.165) is 11.3 Å². The third-order valence-corrected chi connectivity index (χ3v) is 5.88. The molecule has 0 bridgehead atoms. The quantitative estimate of drug-likeness (QED) is 0.557. The van der Waals surface area contributed by atoms with Gasteiger partial charge in [0.05, 0.1) is 25.5 Å². The number of nitrogens with one attached hydrogen (secondary N) is 1. The Kier molecular flexibility index (Phi) is 6.95. The molecule has 3 aromatic rings. The van der Waals surface area contributed by atoms with Crippen molar-refractivity contribution in [3.8, 4) is 5.75 Å². The highest BCUT2D eigenvalue weighted by molar-refractivity contribution is 6.03. The van der Waals surface area contributed by atoms with Crippen LogP contribution in [0.25, 0.3) is 0 Å². The average molecular weight is 465 g/mol. The van der Waals surface area contributed by atoms with Crippen LogP contribution in [0.1, 0.15) is 33.4 Å². The number of aromatic nitrogens is 2. The molecule has 34 heavy (non-hydrogen) atoms. The number of hydrogen-bond donors (Lipinski definition) is 2. The molecule has 2 N–H and O–H groups in total. The van der Waals surface area contributed by atoms with Crippen molar-refractivity contribution in [2.45, 2.75) is 25.6 Å². The Bertz CT molecular complexity index is 1170. The van der Waals surface area contributed by atoms with Crippen LogP contribution in [0.4, 0.5) is 5.69 Å². The predicted octanol–water partition coefficient (Wildman–Crippen LogP) is 2.45. The van der Waals surface area contributed by atoms with E-state index in [0.29, 0.717) is 29.2 Å². The summed E-state index contributed by atoms with van der Waals surface area (Å²) in [6.45, 7) is 2.30. The molecule has 2 amide bonds. The van der Waals surface area contributed by atoms with Crippen molar-refractivity contribution in [3.63, 3.8) is 0 Å². The van der Waals surface area contributed by atoms with E-state index in [4.69, 9.17) is 9.47 Å². The number of hydrogen-bond acceptors (Lipinski definition) is 6. The number of amides is 2. The molecular formula is C25H28N4O5. The van der Waals surface area contributed by atoms with Crippen molar-refractivity contribution in [1.29, 1.82) is 0 Å². The van der Waals surface area contributed by atoms with E-state index in [1.54, 1.807) is 49.4 Å². The summed E-state index contributed by atoms with van der Waals surface area (Å²) in [6, 6.07) is 15.5. The maximum absolute atomic E-state index is 12.7. The molecule has 0 unspecified atom stereocenters. The molecule has 0 aliphatic carbocycles. The van der Waals surface area contributed by atoms with Crippen molar-refractivity contribution >= 4 is 17.5 Å². The first-order chi connectivity index (χ1) is 16.4. The second kappa shape index (κ2) is 10.1. The minimum atomic E-state index is -0.969. The molecule has 1 aliphatic heterocycles. The van der Waals surface area contributed by atoms with E-state index in [-0.39, 0.29) is 25.0 Å². The van der Waals surface area contributed by atoms with E-state index >= 15 is 0 Å². The second-order valence-corrected chi connectivity index (χ2v) is 8.23. The zero-order valence-electron chi connectivity index (χ0n) is 19.4. The van der Waals surface area contributed by atoms with E-state index in [9.17, 15) is 14.7 Å². The lowest BCUT2D eigenvalue weighted by molar-refractivity contribution is -0.155. The van der Waals surface area contributed by atoms with E-state index in [1.807, 2.05) is 31.2 Å². The Morgan fingerprint density at radius 1 is 1.26 bits per heavy atom. The molecule has 0 radical (unpaired) electrons. The lowest BCUT2D eigenvalue weighted by atomic mass is 9.99. The minimum Gasteiger partial charge on any atom is -0.496 e. The van der Waals surface area contributed by atoms with Crippen LogP contribution in [-0.4, -0.2) is 58.0 Å². The fraction of sp³-hybridized carbons (Fsp3) is 0.320. The fourth-order valence-corrected chi connectivity index (χ4v) is 4.11. The van der Waals surface area contributed by atoms with Gasteiger partial charge in [-0.05, 0) is 36.8 Å². The summed E-state index contributed by atoms with van der Waals surface area (Å²) in [4.78, 5) is 26.8. The fourth-order valence-electron chi connectivity index (χ4n) is 4.11. The number of aliphatic hydroxyl groups excluding tert-OH is 1. The van der Waals surface area contributed by atoms with Gasteiger partial charge >= 0.3 is 0 Å². The van der Waals surface area contributed by atoms with Gasteiger partial charge in [-0.15, -0.1) is 0 Å². The molecule has 178 valence electrons. The maximum Gasteiger partial charge on any atom is 0.273 e. The number of aliphatic hydroxyl groups is 1. The van der Waals surface area contributed by atoms with Crippen LogP contribution in [-0.2, 0) is 23.1 Å². The summed E-state index contributed by atoms with van der Waals surface area (Å²) in [5.74, 6) is 0.209. The summed E-state index contributed by atoms with van der Waals surface area (Å²) in [6.07, 6.45) is -0.969. The summed E-state index contributed by atoms with van der Waals surface area (Å²) in [7, 11) is 3.30. The number of morpholine rings is 1. The molecule has 2 heterocycles. The monoisotopic (exact) mass is 464 g/mol. The molecule has 1 fully saturated rings. The van der Waals surface area contributed by atoms with Crippen molar-refractivity contribution < 1.29 is 24.2 Å².